The number of thioether (sulfide) groups is 1. The zero-order chi connectivity index (χ0) is 15.4. The van der Waals surface area contributed by atoms with Crippen molar-refractivity contribution in [2.24, 2.45) is 5.92 Å². The van der Waals surface area contributed by atoms with Gasteiger partial charge in [-0.1, -0.05) is 13.8 Å². The summed E-state index contributed by atoms with van der Waals surface area (Å²) in [5.41, 5.74) is 0.0742. The Morgan fingerprint density at radius 2 is 2.00 bits per heavy atom. The molecule has 0 N–H and O–H groups in total. The van der Waals surface area contributed by atoms with Crippen LogP contribution in [0.15, 0.2) is 29.2 Å². The summed E-state index contributed by atoms with van der Waals surface area (Å²) in [6.45, 7) is 5.04. The topological polar surface area (TPSA) is 63.5 Å². The summed E-state index contributed by atoms with van der Waals surface area (Å²) in [5.74, 6) is 1.02. The molecule has 0 spiro atoms. The molecule has 21 heavy (non-hydrogen) atoms. The summed E-state index contributed by atoms with van der Waals surface area (Å²) in [5, 5.41) is 10.6. The molecule has 0 saturated heterocycles. The van der Waals surface area contributed by atoms with Gasteiger partial charge in [-0.05, 0) is 30.9 Å². The van der Waals surface area contributed by atoms with E-state index in [4.69, 9.17) is 0 Å². The highest BCUT2D eigenvalue weighted by Crippen LogP contribution is 2.29. The van der Waals surface area contributed by atoms with Crippen molar-refractivity contribution in [2.45, 2.75) is 37.6 Å². The Bertz CT molecular complexity index is 512. The van der Waals surface area contributed by atoms with Crippen LogP contribution >= 0.6 is 11.8 Å². The van der Waals surface area contributed by atoms with Crippen LogP contribution in [0.1, 0.15) is 26.7 Å². The molecule has 114 valence electrons. The Labute approximate surface area is 128 Å². The van der Waals surface area contributed by atoms with E-state index in [2.05, 4.69) is 13.8 Å². The normalized spacial score (nSPS) is 14.2. The van der Waals surface area contributed by atoms with Crippen molar-refractivity contribution in [3.63, 3.8) is 0 Å². The molecular formula is C15H20N2O3S. The van der Waals surface area contributed by atoms with Gasteiger partial charge in [0.2, 0.25) is 5.91 Å². The molecule has 1 saturated carbocycles. The van der Waals surface area contributed by atoms with Crippen molar-refractivity contribution in [3.8, 4) is 0 Å². The van der Waals surface area contributed by atoms with Crippen LogP contribution in [0.4, 0.5) is 5.69 Å². The van der Waals surface area contributed by atoms with Crippen molar-refractivity contribution in [1.82, 2.24) is 4.90 Å². The highest BCUT2D eigenvalue weighted by Gasteiger charge is 2.32. The molecule has 1 aromatic carbocycles. The summed E-state index contributed by atoms with van der Waals surface area (Å²) in [6.07, 6.45) is 2.22. The van der Waals surface area contributed by atoms with Gasteiger partial charge in [0.1, 0.15) is 0 Å². The first kappa shape index (κ1) is 15.8. The molecule has 0 aliphatic heterocycles. The fourth-order valence-electron chi connectivity index (χ4n) is 2.13. The van der Waals surface area contributed by atoms with Crippen LogP contribution in [0.25, 0.3) is 0 Å². The first-order valence-electron chi connectivity index (χ1n) is 7.14. The standard InChI is InChI=1S/C15H20N2O3S/c1-11(2)9-16(12-3-4-12)15(18)10-21-14-7-5-13(6-8-14)17(19)20/h5-8,11-12H,3-4,9-10H2,1-2H3. The van der Waals surface area contributed by atoms with E-state index in [1.807, 2.05) is 4.90 Å². The lowest BCUT2D eigenvalue weighted by molar-refractivity contribution is -0.384. The largest absolute Gasteiger partial charge is 0.339 e. The van der Waals surface area contributed by atoms with Gasteiger partial charge < -0.3 is 4.90 Å². The highest BCUT2D eigenvalue weighted by molar-refractivity contribution is 8.00. The monoisotopic (exact) mass is 308 g/mol. The fraction of sp³-hybridized carbons (Fsp3) is 0.533. The molecule has 2 rings (SSSR count). The number of benzene rings is 1. The van der Waals surface area contributed by atoms with Crippen LogP contribution in [-0.2, 0) is 4.79 Å². The van der Waals surface area contributed by atoms with E-state index in [0.717, 1.165) is 24.3 Å². The van der Waals surface area contributed by atoms with E-state index in [1.54, 1.807) is 12.1 Å². The number of carbonyl (C=O) groups excluding carboxylic acids is 1. The Morgan fingerprint density at radius 3 is 2.48 bits per heavy atom. The minimum absolute atomic E-state index is 0.0742. The number of nitrogens with zero attached hydrogens (tertiary/aromatic N) is 2. The molecule has 5 nitrogen and oxygen atoms in total. The molecule has 6 heteroatoms. The average Bonchev–Trinajstić information content (AvgIpc) is 3.27. The van der Waals surface area contributed by atoms with E-state index in [1.165, 1.54) is 23.9 Å². The van der Waals surface area contributed by atoms with Crippen LogP contribution in [-0.4, -0.2) is 34.1 Å². The minimum Gasteiger partial charge on any atom is -0.339 e. The van der Waals surface area contributed by atoms with E-state index >= 15 is 0 Å². The second-order valence-corrected chi connectivity index (χ2v) is 6.76. The van der Waals surface area contributed by atoms with Gasteiger partial charge in [-0.25, -0.2) is 0 Å². The zero-order valence-electron chi connectivity index (χ0n) is 12.3. The van der Waals surface area contributed by atoms with Gasteiger partial charge in [0.15, 0.2) is 0 Å². The Hall–Kier alpha value is -1.56. The summed E-state index contributed by atoms with van der Waals surface area (Å²) in [6, 6.07) is 6.76. The number of nitro benzene ring substituents is 1. The van der Waals surface area contributed by atoms with E-state index < -0.39 is 4.92 Å². The predicted molar refractivity (Wildman–Crippen MR) is 83.4 cm³/mol. The maximum atomic E-state index is 12.3. The van der Waals surface area contributed by atoms with Crippen LogP contribution < -0.4 is 0 Å². The van der Waals surface area contributed by atoms with Gasteiger partial charge in [-0.3, -0.25) is 14.9 Å². The molecule has 0 unspecified atom stereocenters. The van der Waals surface area contributed by atoms with Gasteiger partial charge in [0, 0.05) is 29.6 Å². The fourth-order valence-corrected chi connectivity index (χ4v) is 2.91. The maximum Gasteiger partial charge on any atom is 0.269 e. The molecule has 0 aromatic heterocycles. The summed E-state index contributed by atoms with van der Waals surface area (Å²) in [7, 11) is 0. The zero-order valence-corrected chi connectivity index (χ0v) is 13.1. The summed E-state index contributed by atoms with van der Waals surface area (Å²) < 4.78 is 0. The molecule has 0 bridgehead atoms. The average molecular weight is 308 g/mol. The van der Waals surface area contributed by atoms with Crippen molar-refractivity contribution >= 4 is 23.4 Å². The van der Waals surface area contributed by atoms with Gasteiger partial charge in [0.25, 0.3) is 5.69 Å². The van der Waals surface area contributed by atoms with Gasteiger partial charge >= 0.3 is 0 Å². The number of hydrogen-bond acceptors (Lipinski definition) is 4. The predicted octanol–water partition coefficient (Wildman–Crippen LogP) is 3.33. The number of rotatable bonds is 7. The molecule has 1 aliphatic rings. The molecule has 0 heterocycles. The van der Waals surface area contributed by atoms with Crippen molar-refractivity contribution in [3.05, 3.63) is 34.4 Å². The van der Waals surface area contributed by atoms with Crippen LogP contribution in [0, 0.1) is 16.0 Å². The third-order valence-corrected chi connectivity index (χ3v) is 4.28. The van der Waals surface area contributed by atoms with Crippen LogP contribution in [0.5, 0.6) is 0 Å². The number of hydrogen-bond donors (Lipinski definition) is 0. The molecule has 0 atom stereocenters. The van der Waals surface area contributed by atoms with Crippen molar-refractivity contribution in [2.75, 3.05) is 12.3 Å². The Morgan fingerprint density at radius 1 is 1.38 bits per heavy atom. The third-order valence-electron chi connectivity index (χ3n) is 3.28. The second kappa shape index (κ2) is 6.93. The van der Waals surface area contributed by atoms with Gasteiger partial charge in [0.05, 0.1) is 10.7 Å². The molecule has 0 radical (unpaired) electrons. The lowest BCUT2D eigenvalue weighted by Crippen LogP contribution is -2.37. The Balaban J connectivity index is 1.88. The lowest BCUT2D eigenvalue weighted by Gasteiger charge is -2.24. The van der Waals surface area contributed by atoms with Crippen LogP contribution in [0.3, 0.4) is 0 Å². The molecule has 1 fully saturated rings. The summed E-state index contributed by atoms with van der Waals surface area (Å²) >= 11 is 1.44. The molecule has 1 aromatic rings. The number of carbonyl (C=O) groups is 1. The number of nitro groups is 1. The van der Waals surface area contributed by atoms with Crippen molar-refractivity contribution < 1.29 is 9.72 Å². The quantitative estimate of drug-likeness (QED) is 0.440. The van der Waals surface area contributed by atoms with Crippen molar-refractivity contribution in [1.29, 1.82) is 0 Å². The highest BCUT2D eigenvalue weighted by atomic mass is 32.2. The first-order chi connectivity index (χ1) is 9.97. The van der Waals surface area contributed by atoms with E-state index in [9.17, 15) is 14.9 Å². The number of amides is 1. The smallest absolute Gasteiger partial charge is 0.269 e. The third kappa shape index (κ3) is 4.74. The SMILES string of the molecule is CC(C)CN(C(=O)CSc1ccc([N+](=O)[O-])cc1)C1CC1. The molecular weight excluding hydrogens is 288 g/mol. The Kier molecular flexibility index (Phi) is 5.22. The number of non-ortho nitro benzene ring substituents is 1. The summed E-state index contributed by atoms with van der Waals surface area (Å²) in [4.78, 5) is 25.3. The van der Waals surface area contributed by atoms with Gasteiger partial charge in [-0.15, -0.1) is 11.8 Å². The molecule has 1 amide bonds. The van der Waals surface area contributed by atoms with E-state index in [-0.39, 0.29) is 11.6 Å². The lowest BCUT2D eigenvalue weighted by atomic mass is 10.2. The maximum absolute atomic E-state index is 12.3. The van der Waals surface area contributed by atoms with E-state index in [0.29, 0.717) is 17.7 Å². The minimum atomic E-state index is -0.420. The second-order valence-electron chi connectivity index (χ2n) is 5.71. The van der Waals surface area contributed by atoms with Crippen LogP contribution in [0.2, 0.25) is 0 Å². The van der Waals surface area contributed by atoms with Gasteiger partial charge in [-0.2, -0.15) is 0 Å². The first-order valence-corrected chi connectivity index (χ1v) is 8.12. The molecule has 1 aliphatic carbocycles.